The number of aliphatic hydroxyl groups excluding tert-OH is 1. The molecular formula is C12H12N2O2S. The van der Waals surface area contributed by atoms with Crippen LogP contribution in [0.15, 0.2) is 29.8 Å². The number of hydrogen-bond acceptors (Lipinski definition) is 4. The van der Waals surface area contributed by atoms with Gasteiger partial charge in [0.2, 0.25) is 0 Å². The van der Waals surface area contributed by atoms with Gasteiger partial charge in [0.1, 0.15) is 4.88 Å². The summed E-state index contributed by atoms with van der Waals surface area (Å²) in [6.07, 6.45) is 0. The lowest BCUT2D eigenvalue weighted by Gasteiger charge is -2.05. The van der Waals surface area contributed by atoms with Gasteiger partial charge in [0.05, 0.1) is 17.8 Å². The Morgan fingerprint density at radius 2 is 2.35 bits per heavy atom. The van der Waals surface area contributed by atoms with Crippen molar-refractivity contribution in [3.8, 4) is 0 Å². The van der Waals surface area contributed by atoms with Crippen LogP contribution >= 0.6 is 11.3 Å². The fourth-order valence-electron chi connectivity index (χ4n) is 1.46. The molecule has 0 radical (unpaired) electrons. The number of nitrogens with zero attached hydrogens (tertiary/aromatic N) is 1. The molecule has 1 aromatic carbocycles. The van der Waals surface area contributed by atoms with E-state index >= 15 is 0 Å². The highest BCUT2D eigenvalue weighted by atomic mass is 32.1. The standard InChI is InChI=1S/C12H12N2O2S/c1-8-11(17-7-13-8)12(16)14-10-4-2-3-9(5-10)6-15/h2-5,7,15H,6H2,1H3,(H,14,16). The van der Waals surface area contributed by atoms with Crippen molar-refractivity contribution in [1.29, 1.82) is 0 Å². The Kier molecular flexibility index (Phi) is 3.51. The molecule has 1 amide bonds. The molecule has 0 saturated carbocycles. The van der Waals surface area contributed by atoms with Crippen LogP contribution in [0.5, 0.6) is 0 Å². The van der Waals surface area contributed by atoms with Crippen LogP contribution in [0, 0.1) is 6.92 Å². The molecule has 0 bridgehead atoms. The number of hydrogen-bond donors (Lipinski definition) is 2. The summed E-state index contributed by atoms with van der Waals surface area (Å²) in [5.41, 5.74) is 3.82. The summed E-state index contributed by atoms with van der Waals surface area (Å²) >= 11 is 1.31. The number of carbonyl (C=O) groups is 1. The van der Waals surface area contributed by atoms with Gasteiger partial charge >= 0.3 is 0 Å². The smallest absolute Gasteiger partial charge is 0.267 e. The van der Waals surface area contributed by atoms with E-state index in [1.165, 1.54) is 11.3 Å². The van der Waals surface area contributed by atoms with Crippen molar-refractivity contribution in [2.75, 3.05) is 5.32 Å². The molecule has 4 nitrogen and oxygen atoms in total. The second-order valence-electron chi connectivity index (χ2n) is 3.58. The van der Waals surface area contributed by atoms with Gasteiger partial charge in [-0.25, -0.2) is 4.98 Å². The number of carbonyl (C=O) groups excluding carboxylic acids is 1. The molecule has 2 aromatic rings. The molecule has 0 fully saturated rings. The highest BCUT2D eigenvalue weighted by molar-refractivity contribution is 7.12. The lowest BCUT2D eigenvalue weighted by Crippen LogP contribution is -2.11. The van der Waals surface area contributed by atoms with E-state index in [-0.39, 0.29) is 12.5 Å². The van der Waals surface area contributed by atoms with Gasteiger partial charge in [-0.15, -0.1) is 11.3 Å². The molecule has 1 heterocycles. The second-order valence-corrected chi connectivity index (χ2v) is 4.43. The molecule has 2 N–H and O–H groups in total. The van der Waals surface area contributed by atoms with Crippen molar-refractivity contribution in [2.45, 2.75) is 13.5 Å². The minimum atomic E-state index is -0.167. The Hall–Kier alpha value is -1.72. The Balaban J connectivity index is 2.16. The predicted octanol–water partition coefficient (Wildman–Crippen LogP) is 2.20. The summed E-state index contributed by atoms with van der Waals surface area (Å²) in [6.45, 7) is 1.76. The number of anilines is 1. The molecule has 0 aliphatic rings. The van der Waals surface area contributed by atoms with E-state index in [9.17, 15) is 4.79 Å². The SMILES string of the molecule is Cc1ncsc1C(=O)Nc1cccc(CO)c1. The molecule has 2 rings (SSSR count). The molecule has 1 aromatic heterocycles. The molecule has 0 saturated heterocycles. The highest BCUT2D eigenvalue weighted by Gasteiger charge is 2.11. The molecule has 17 heavy (non-hydrogen) atoms. The quantitative estimate of drug-likeness (QED) is 0.875. The number of aliphatic hydroxyl groups is 1. The maximum atomic E-state index is 11.9. The topological polar surface area (TPSA) is 62.2 Å². The van der Waals surface area contributed by atoms with Gasteiger partial charge < -0.3 is 10.4 Å². The second kappa shape index (κ2) is 5.07. The maximum absolute atomic E-state index is 11.9. The lowest BCUT2D eigenvalue weighted by molar-refractivity contribution is 0.103. The van der Waals surface area contributed by atoms with Crippen LogP contribution in [-0.2, 0) is 6.61 Å². The summed E-state index contributed by atoms with van der Waals surface area (Å²) in [7, 11) is 0. The van der Waals surface area contributed by atoms with E-state index in [1.54, 1.807) is 36.7 Å². The average Bonchev–Trinajstić information content (AvgIpc) is 2.76. The van der Waals surface area contributed by atoms with Crippen LogP contribution in [0.1, 0.15) is 20.9 Å². The van der Waals surface area contributed by atoms with Gasteiger partial charge in [-0.3, -0.25) is 4.79 Å². The van der Waals surface area contributed by atoms with Crippen LogP contribution in [0.25, 0.3) is 0 Å². The number of aryl methyl sites for hydroxylation is 1. The first-order valence-electron chi connectivity index (χ1n) is 5.12. The Morgan fingerprint density at radius 1 is 1.53 bits per heavy atom. The zero-order chi connectivity index (χ0) is 12.3. The largest absolute Gasteiger partial charge is 0.392 e. The van der Waals surface area contributed by atoms with Gasteiger partial charge in [0.25, 0.3) is 5.91 Å². The van der Waals surface area contributed by atoms with Crippen molar-refractivity contribution in [2.24, 2.45) is 0 Å². The van der Waals surface area contributed by atoms with Crippen molar-refractivity contribution in [1.82, 2.24) is 4.98 Å². The van der Waals surface area contributed by atoms with Gasteiger partial charge in [0, 0.05) is 5.69 Å². The summed E-state index contributed by atoms with van der Waals surface area (Å²) in [5, 5.41) is 11.8. The van der Waals surface area contributed by atoms with Crippen LogP contribution in [0.2, 0.25) is 0 Å². The molecule has 5 heteroatoms. The van der Waals surface area contributed by atoms with E-state index < -0.39 is 0 Å². The van der Waals surface area contributed by atoms with Crippen LogP contribution in [0.4, 0.5) is 5.69 Å². The van der Waals surface area contributed by atoms with Gasteiger partial charge in [0.15, 0.2) is 0 Å². The van der Waals surface area contributed by atoms with Crippen LogP contribution in [-0.4, -0.2) is 16.0 Å². The number of thiazole rings is 1. The Labute approximate surface area is 103 Å². The molecule has 0 aliphatic heterocycles. The number of aromatic nitrogens is 1. The third kappa shape index (κ3) is 2.69. The number of amides is 1. The van der Waals surface area contributed by atoms with Crippen molar-refractivity contribution >= 4 is 22.9 Å². The van der Waals surface area contributed by atoms with E-state index in [2.05, 4.69) is 10.3 Å². The highest BCUT2D eigenvalue weighted by Crippen LogP contribution is 2.16. The van der Waals surface area contributed by atoms with E-state index in [1.807, 2.05) is 0 Å². The predicted molar refractivity (Wildman–Crippen MR) is 67.2 cm³/mol. The number of rotatable bonds is 3. The summed E-state index contributed by atoms with van der Waals surface area (Å²) in [4.78, 5) is 16.5. The van der Waals surface area contributed by atoms with E-state index in [4.69, 9.17) is 5.11 Å². The first-order chi connectivity index (χ1) is 8.20. The zero-order valence-corrected chi connectivity index (χ0v) is 10.1. The first kappa shape index (κ1) is 11.8. The Bertz CT molecular complexity index is 537. The summed E-state index contributed by atoms with van der Waals surface area (Å²) in [5.74, 6) is -0.167. The fraction of sp³-hybridized carbons (Fsp3) is 0.167. The molecular weight excluding hydrogens is 236 g/mol. The first-order valence-corrected chi connectivity index (χ1v) is 6.00. The molecule has 88 valence electrons. The molecule has 0 atom stereocenters. The maximum Gasteiger partial charge on any atom is 0.267 e. The number of nitrogens with one attached hydrogen (secondary N) is 1. The zero-order valence-electron chi connectivity index (χ0n) is 9.30. The normalized spacial score (nSPS) is 10.2. The fourth-order valence-corrected chi connectivity index (χ4v) is 2.15. The molecule has 0 unspecified atom stereocenters. The molecule has 0 spiro atoms. The summed E-state index contributed by atoms with van der Waals surface area (Å²) < 4.78 is 0. The average molecular weight is 248 g/mol. The number of benzene rings is 1. The minimum absolute atomic E-state index is 0.0384. The molecule has 0 aliphatic carbocycles. The van der Waals surface area contributed by atoms with Crippen LogP contribution in [0.3, 0.4) is 0 Å². The van der Waals surface area contributed by atoms with Gasteiger partial charge in [-0.1, -0.05) is 12.1 Å². The van der Waals surface area contributed by atoms with E-state index in [0.717, 1.165) is 11.3 Å². The third-order valence-corrected chi connectivity index (χ3v) is 3.25. The van der Waals surface area contributed by atoms with Crippen molar-refractivity contribution < 1.29 is 9.90 Å². The van der Waals surface area contributed by atoms with Gasteiger partial charge in [-0.05, 0) is 24.6 Å². The van der Waals surface area contributed by atoms with Gasteiger partial charge in [-0.2, -0.15) is 0 Å². The summed E-state index contributed by atoms with van der Waals surface area (Å²) in [6, 6.07) is 7.12. The van der Waals surface area contributed by atoms with Crippen molar-refractivity contribution in [3.63, 3.8) is 0 Å². The van der Waals surface area contributed by atoms with E-state index in [0.29, 0.717) is 10.6 Å². The minimum Gasteiger partial charge on any atom is -0.392 e. The van der Waals surface area contributed by atoms with Crippen molar-refractivity contribution in [3.05, 3.63) is 45.9 Å². The Morgan fingerprint density at radius 3 is 3.00 bits per heavy atom. The third-order valence-electron chi connectivity index (χ3n) is 2.32. The van der Waals surface area contributed by atoms with Crippen LogP contribution < -0.4 is 5.32 Å². The monoisotopic (exact) mass is 248 g/mol. The lowest BCUT2D eigenvalue weighted by atomic mass is 10.2.